The van der Waals surface area contributed by atoms with Gasteiger partial charge < -0.3 is 4.43 Å². The molecule has 2 unspecified atom stereocenters. The van der Waals surface area contributed by atoms with Crippen LogP contribution >= 0.6 is 0 Å². The highest BCUT2D eigenvalue weighted by Crippen LogP contribution is 2.71. The highest BCUT2D eigenvalue weighted by molar-refractivity contribution is 6.70. The molecule has 1 nitrogen and oxygen atoms in total. The fourth-order valence-electron chi connectivity index (χ4n) is 3.65. The number of alkyl halides is 2. The Labute approximate surface area is 136 Å². The van der Waals surface area contributed by atoms with Crippen LogP contribution in [-0.4, -0.2) is 14.2 Å². The molecule has 0 aliphatic heterocycles. The summed E-state index contributed by atoms with van der Waals surface area (Å²) in [7, 11) is -1.31. The minimum absolute atomic E-state index is 0. The van der Waals surface area contributed by atoms with Gasteiger partial charge in [-0.3, -0.25) is 0 Å². The van der Waals surface area contributed by atoms with Crippen molar-refractivity contribution in [3.63, 3.8) is 0 Å². The van der Waals surface area contributed by atoms with Crippen molar-refractivity contribution in [1.82, 2.24) is 0 Å². The van der Waals surface area contributed by atoms with E-state index in [1.165, 1.54) is 31.4 Å². The third-order valence-corrected chi connectivity index (χ3v) is 5.88. The highest BCUT2D eigenvalue weighted by atomic mass is 28.4. The van der Waals surface area contributed by atoms with Gasteiger partial charge >= 0.3 is 0 Å². The highest BCUT2D eigenvalue weighted by Gasteiger charge is 2.77. The maximum Gasteiger partial charge on any atom is 0.257 e. The van der Waals surface area contributed by atoms with Gasteiger partial charge in [0.1, 0.15) is 0 Å². The van der Waals surface area contributed by atoms with Crippen molar-refractivity contribution >= 4 is 8.32 Å². The lowest BCUT2D eigenvalue weighted by Gasteiger charge is -2.23. The van der Waals surface area contributed by atoms with Crippen molar-refractivity contribution in [3.8, 4) is 0 Å². The Hall–Kier alpha value is -0.383. The zero-order valence-corrected chi connectivity index (χ0v) is 15.0. The molecule has 2 saturated carbocycles. The lowest BCUT2D eigenvalue weighted by molar-refractivity contribution is 0.0621. The first-order valence-electron chi connectivity index (χ1n) is 8.43. The van der Waals surface area contributed by atoms with Crippen molar-refractivity contribution < 1.29 is 13.2 Å². The van der Waals surface area contributed by atoms with Gasteiger partial charge in [-0.25, -0.2) is 8.78 Å². The molecule has 0 amide bonds. The van der Waals surface area contributed by atoms with Crippen LogP contribution in [-0.2, 0) is 4.43 Å². The van der Waals surface area contributed by atoms with E-state index in [4.69, 9.17) is 4.43 Å². The van der Waals surface area contributed by atoms with Crippen molar-refractivity contribution in [2.24, 2.45) is 11.3 Å². The Morgan fingerprint density at radius 3 is 2.23 bits per heavy atom. The summed E-state index contributed by atoms with van der Waals surface area (Å²) in [6.45, 7) is 8.45. The van der Waals surface area contributed by atoms with Crippen LogP contribution in [0.3, 0.4) is 0 Å². The van der Waals surface area contributed by atoms with Crippen LogP contribution < -0.4 is 0 Å². The van der Waals surface area contributed by atoms with Crippen LogP contribution in [0.4, 0.5) is 8.78 Å². The molecule has 2 fully saturated rings. The lowest BCUT2D eigenvalue weighted by Crippen LogP contribution is -2.25. The van der Waals surface area contributed by atoms with E-state index in [2.05, 4.69) is 25.7 Å². The monoisotopic (exact) mass is 332 g/mol. The Morgan fingerprint density at radius 2 is 1.82 bits per heavy atom. The van der Waals surface area contributed by atoms with Crippen LogP contribution in [0.1, 0.15) is 65.7 Å². The maximum atomic E-state index is 12.9. The van der Waals surface area contributed by atoms with E-state index in [-0.39, 0.29) is 13.3 Å². The number of allylic oxidation sites excluding steroid dienone is 2. The van der Waals surface area contributed by atoms with Gasteiger partial charge in [-0.05, 0) is 57.8 Å². The first-order chi connectivity index (χ1) is 9.67. The minimum atomic E-state index is -2.32. The summed E-state index contributed by atoms with van der Waals surface area (Å²) in [5.74, 6) is -1.33. The van der Waals surface area contributed by atoms with Gasteiger partial charge in [0.2, 0.25) is 8.32 Å². The lowest BCUT2D eigenvalue weighted by atomic mass is 9.90. The molecule has 2 atom stereocenters. The molecule has 3 aliphatic carbocycles. The Kier molecular flexibility index (Phi) is 6.27. The molecule has 4 heteroatoms. The van der Waals surface area contributed by atoms with Crippen LogP contribution in [0.5, 0.6) is 0 Å². The summed E-state index contributed by atoms with van der Waals surface area (Å²) in [5, 5.41) is 0. The largest absolute Gasteiger partial charge is 0.548 e. The molecular weight excluding hydrogens is 298 g/mol. The zero-order chi connectivity index (χ0) is 15.7. The normalized spacial score (nSPS) is 32.5. The Bertz CT molecular complexity index is 400. The molecule has 130 valence electrons. The first kappa shape index (κ1) is 19.7. The summed E-state index contributed by atoms with van der Waals surface area (Å²) in [6.07, 6.45) is 10.8. The molecule has 0 N–H and O–H groups in total. The van der Waals surface area contributed by atoms with Gasteiger partial charge in [-0.2, -0.15) is 0 Å². The number of fused-ring (bicyclic) bond motifs is 1. The predicted octanol–water partition coefficient (Wildman–Crippen LogP) is 6.76. The van der Waals surface area contributed by atoms with Crippen LogP contribution in [0, 0.1) is 11.3 Å². The summed E-state index contributed by atoms with van der Waals surface area (Å²) >= 11 is 0. The predicted molar refractivity (Wildman–Crippen MR) is 92.7 cm³/mol. The van der Waals surface area contributed by atoms with Crippen molar-refractivity contribution in [3.05, 3.63) is 11.8 Å². The fraction of sp³-hybridized carbons (Fsp3) is 0.889. The van der Waals surface area contributed by atoms with Crippen LogP contribution in [0.2, 0.25) is 19.6 Å². The smallest absolute Gasteiger partial charge is 0.257 e. The number of hydrogen-bond donors (Lipinski definition) is 0. The number of rotatable bonds is 2. The van der Waals surface area contributed by atoms with Crippen LogP contribution in [0.25, 0.3) is 0 Å². The molecular formula is C18H34F2OSi. The maximum absolute atomic E-state index is 12.9. The standard InChI is InChI=1S/C9H18OSi.C8H12F2.CH4/c1-11(2,3)10-9-7-5-4-6-8-9;1-7-5-3-2-4-6(7)8(7,9)10;/h7H,4-6,8H2,1-3H3;6H,2-5H2,1H3;1H4. The number of hydrogen-bond acceptors (Lipinski definition) is 1. The van der Waals surface area contributed by atoms with E-state index in [1.54, 1.807) is 6.92 Å². The van der Waals surface area contributed by atoms with E-state index in [9.17, 15) is 8.78 Å². The minimum Gasteiger partial charge on any atom is -0.548 e. The Morgan fingerprint density at radius 1 is 1.14 bits per heavy atom. The molecule has 0 spiro atoms. The van der Waals surface area contributed by atoms with E-state index < -0.39 is 19.7 Å². The topological polar surface area (TPSA) is 9.23 Å². The molecule has 0 aromatic carbocycles. The van der Waals surface area contributed by atoms with Crippen molar-refractivity contribution in [1.29, 1.82) is 0 Å². The third kappa shape index (κ3) is 4.33. The molecule has 0 aromatic rings. The third-order valence-electron chi connectivity index (χ3n) is 5.01. The molecule has 0 saturated heterocycles. The second kappa shape index (κ2) is 7.02. The molecule has 3 rings (SSSR count). The van der Waals surface area contributed by atoms with Gasteiger partial charge in [-0.1, -0.05) is 27.2 Å². The van der Waals surface area contributed by atoms with Gasteiger partial charge in [-0.15, -0.1) is 0 Å². The van der Waals surface area contributed by atoms with Crippen LogP contribution in [0.15, 0.2) is 11.8 Å². The van der Waals surface area contributed by atoms with Gasteiger partial charge in [0.15, 0.2) is 0 Å². The number of halogens is 2. The Balaban J connectivity index is 0.000000211. The molecule has 0 heterocycles. The van der Waals surface area contributed by atoms with Gasteiger partial charge in [0, 0.05) is 17.8 Å². The summed E-state index contributed by atoms with van der Waals surface area (Å²) in [5.41, 5.74) is -0.592. The molecule has 22 heavy (non-hydrogen) atoms. The first-order valence-corrected chi connectivity index (χ1v) is 11.8. The SMILES string of the molecule is C.CC12CCCCC1C2(F)F.C[Si](C)(C)OC1=CCCCC1. The zero-order valence-electron chi connectivity index (χ0n) is 14.0. The van der Waals surface area contributed by atoms with Gasteiger partial charge in [0.25, 0.3) is 5.92 Å². The summed E-state index contributed by atoms with van der Waals surface area (Å²) < 4.78 is 31.7. The quantitative estimate of drug-likeness (QED) is 0.507. The van der Waals surface area contributed by atoms with E-state index >= 15 is 0 Å². The average Bonchev–Trinajstić information content (AvgIpc) is 2.84. The van der Waals surface area contributed by atoms with Crippen molar-refractivity contribution in [2.45, 2.75) is 91.3 Å². The van der Waals surface area contributed by atoms with Crippen molar-refractivity contribution in [2.75, 3.05) is 0 Å². The average molecular weight is 333 g/mol. The molecule has 0 aromatic heterocycles. The summed E-state index contributed by atoms with van der Waals surface area (Å²) in [6, 6.07) is 0. The molecule has 3 aliphatic rings. The molecule has 0 radical (unpaired) electrons. The van der Waals surface area contributed by atoms with E-state index in [0.717, 1.165) is 25.7 Å². The van der Waals surface area contributed by atoms with E-state index in [0.29, 0.717) is 0 Å². The second-order valence-corrected chi connectivity index (χ2v) is 12.4. The van der Waals surface area contributed by atoms with E-state index in [1.807, 2.05) is 0 Å². The fourth-order valence-corrected chi connectivity index (χ4v) is 4.62. The second-order valence-electron chi connectivity index (χ2n) is 7.97. The molecule has 0 bridgehead atoms. The van der Waals surface area contributed by atoms with Gasteiger partial charge in [0.05, 0.1) is 5.76 Å². The summed E-state index contributed by atoms with van der Waals surface area (Å²) in [4.78, 5) is 0.